The van der Waals surface area contributed by atoms with Crippen LogP contribution in [0, 0.1) is 5.92 Å². The highest BCUT2D eigenvalue weighted by Crippen LogP contribution is 2.07. The Hall–Kier alpha value is -0.610. The normalized spacial score (nSPS) is 25.4. The van der Waals surface area contributed by atoms with E-state index in [9.17, 15) is 4.79 Å². The van der Waals surface area contributed by atoms with Crippen LogP contribution in [0.25, 0.3) is 0 Å². The van der Waals surface area contributed by atoms with E-state index >= 15 is 0 Å². The zero-order valence-electron chi connectivity index (χ0n) is 9.29. The maximum absolute atomic E-state index is 11.6. The first kappa shape index (κ1) is 11.5. The second-order valence-electron chi connectivity index (χ2n) is 4.53. The lowest BCUT2D eigenvalue weighted by Gasteiger charge is -2.19. The van der Waals surface area contributed by atoms with Gasteiger partial charge in [-0.15, -0.1) is 0 Å². The summed E-state index contributed by atoms with van der Waals surface area (Å²) < 4.78 is 0. The van der Waals surface area contributed by atoms with Crippen molar-refractivity contribution in [2.45, 2.75) is 32.4 Å². The van der Waals surface area contributed by atoms with E-state index in [0.717, 1.165) is 19.5 Å². The van der Waals surface area contributed by atoms with Gasteiger partial charge in [-0.3, -0.25) is 4.79 Å². The highest BCUT2D eigenvalue weighted by atomic mass is 16.2. The van der Waals surface area contributed by atoms with Crippen LogP contribution in [0.1, 0.15) is 20.3 Å². The van der Waals surface area contributed by atoms with E-state index in [-0.39, 0.29) is 23.9 Å². The average molecular weight is 199 g/mol. The molecule has 82 valence electrons. The molecule has 4 nitrogen and oxygen atoms in total. The Kier molecular flexibility index (Phi) is 3.89. The summed E-state index contributed by atoms with van der Waals surface area (Å²) in [6.45, 7) is 5.93. The zero-order chi connectivity index (χ0) is 10.7. The van der Waals surface area contributed by atoms with Crippen molar-refractivity contribution in [3.8, 4) is 0 Å². The number of nitrogens with one attached hydrogen (secondary N) is 1. The SMILES string of the molecule is CC(C)[C@@H](N)C(=O)NC1CCN(C)C1. The molecule has 3 N–H and O–H groups in total. The van der Waals surface area contributed by atoms with Gasteiger partial charge in [-0.05, 0) is 25.9 Å². The van der Waals surface area contributed by atoms with Gasteiger partial charge in [0.2, 0.25) is 5.91 Å². The lowest BCUT2D eigenvalue weighted by Crippen LogP contribution is -2.48. The molecule has 1 fully saturated rings. The Balaban J connectivity index is 2.33. The van der Waals surface area contributed by atoms with Crippen molar-refractivity contribution in [3.63, 3.8) is 0 Å². The van der Waals surface area contributed by atoms with E-state index in [4.69, 9.17) is 5.73 Å². The summed E-state index contributed by atoms with van der Waals surface area (Å²) in [5, 5.41) is 2.98. The van der Waals surface area contributed by atoms with Gasteiger partial charge in [-0.1, -0.05) is 13.8 Å². The largest absolute Gasteiger partial charge is 0.351 e. The number of hydrogen-bond donors (Lipinski definition) is 2. The van der Waals surface area contributed by atoms with Gasteiger partial charge in [0.15, 0.2) is 0 Å². The number of rotatable bonds is 3. The molecule has 1 saturated heterocycles. The van der Waals surface area contributed by atoms with Crippen molar-refractivity contribution >= 4 is 5.91 Å². The predicted molar refractivity (Wildman–Crippen MR) is 56.9 cm³/mol. The van der Waals surface area contributed by atoms with Crippen LogP contribution in [-0.4, -0.2) is 43.0 Å². The summed E-state index contributed by atoms with van der Waals surface area (Å²) in [7, 11) is 2.06. The summed E-state index contributed by atoms with van der Waals surface area (Å²) in [5.41, 5.74) is 5.75. The van der Waals surface area contributed by atoms with Crippen molar-refractivity contribution in [2.24, 2.45) is 11.7 Å². The molecule has 0 aromatic heterocycles. The number of amides is 1. The Bertz CT molecular complexity index is 206. The first-order valence-corrected chi connectivity index (χ1v) is 5.25. The van der Waals surface area contributed by atoms with Crippen LogP contribution in [0.15, 0.2) is 0 Å². The summed E-state index contributed by atoms with van der Waals surface area (Å²) in [5.74, 6) is 0.189. The topological polar surface area (TPSA) is 58.4 Å². The fourth-order valence-electron chi connectivity index (χ4n) is 1.65. The molecule has 0 aromatic carbocycles. The monoisotopic (exact) mass is 199 g/mol. The minimum Gasteiger partial charge on any atom is -0.351 e. The van der Waals surface area contributed by atoms with Crippen LogP contribution in [0.4, 0.5) is 0 Å². The summed E-state index contributed by atoms with van der Waals surface area (Å²) in [6, 6.07) is -0.0850. The van der Waals surface area contributed by atoms with E-state index in [0.29, 0.717) is 0 Å². The average Bonchev–Trinajstić information content (AvgIpc) is 2.49. The quantitative estimate of drug-likeness (QED) is 0.661. The number of likely N-dealkylation sites (tertiary alicyclic amines) is 1. The van der Waals surface area contributed by atoms with Gasteiger partial charge in [0.1, 0.15) is 0 Å². The molecule has 4 heteroatoms. The lowest BCUT2D eigenvalue weighted by atomic mass is 10.0. The van der Waals surface area contributed by atoms with E-state index in [1.54, 1.807) is 0 Å². The van der Waals surface area contributed by atoms with Crippen LogP contribution in [0.2, 0.25) is 0 Å². The van der Waals surface area contributed by atoms with Crippen molar-refractivity contribution < 1.29 is 4.79 Å². The third kappa shape index (κ3) is 2.96. The Morgan fingerprint density at radius 3 is 2.64 bits per heavy atom. The molecule has 1 rings (SSSR count). The molecule has 0 spiro atoms. The predicted octanol–water partition coefficient (Wildman–Crippen LogP) is -0.210. The van der Waals surface area contributed by atoms with E-state index < -0.39 is 0 Å². The molecule has 0 aromatic rings. The summed E-state index contributed by atoms with van der Waals surface area (Å²) in [6.07, 6.45) is 1.03. The second-order valence-corrected chi connectivity index (χ2v) is 4.53. The Labute approximate surface area is 85.8 Å². The molecule has 0 bridgehead atoms. The molecule has 0 aliphatic carbocycles. The first-order chi connectivity index (χ1) is 6.50. The van der Waals surface area contributed by atoms with Gasteiger partial charge < -0.3 is 16.0 Å². The lowest BCUT2D eigenvalue weighted by molar-refractivity contribution is -0.123. The number of likely N-dealkylation sites (N-methyl/N-ethyl adjacent to an activating group) is 1. The molecule has 1 unspecified atom stereocenters. The fraction of sp³-hybridized carbons (Fsp3) is 0.900. The summed E-state index contributed by atoms with van der Waals surface area (Å²) >= 11 is 0. The van der Waals surface area contributed by atoms with Crippen LogP contribution in [0.3, 0.4) is 0 Å². The molecule has 1 amide bonds. The smallest absolute Gasteiger partial charge is 0.237 e. The van der Waals surface area contributed by atoms with E-state index in [2.05, 4.69) is 17.3 Å². The third-order valence-corrected chi connectivity index (χ3v) is 2.76. The minimum atomic E-state index is -0.374. The highest BCUT2D eigenvalue weighted by Gasteiger charge is 2.24. The number of nitrogens with zero attached hydrogens (tertiary/aromatic N) is 1. The van der Waals surface area contributed by atoms with Gasteiger partial charge in [0.25, 0.3) is 0 Å². The van der Waals surface area contributed by atoms with Gasteiger partial charge in [0.05, 0.1) is 6.04 Å². The highest BCUT2D eigenvalue weighted by molar-refractivity contribution is 5.82. The molecule has 1 aliphatic heterocycles. The molecule has 1 aliphatic rings. The molecule has 2 atom stereocenters. The van der Waals surface area contributed by atoms with Crippen molar-refractivity contribution in [2.75, 3.05) is 20.1 Å². The van der Waals surface area contributed by atoms with Gasteiger partial charge in [0, 0.05) is 12.6 Å². The van der Waals surface area contributed by atoms with Crippen molar-refractivity contribution in [3.05, 3.63) is 0 Å². The molecule has 14 heavy (non-hydrogen) atoms. The maximum Gasteiger partial charge on any atom is 0.237 e. The van der Waals surface area contributed by atoms with Gasteiger partial charge >= 0.3 is 0 Å². The van der Waals surface area contributed by atoms with Gasteiger partial charge in [-0.25, -0.2) is 0 Å². The zero-order valence-corrected chi connectivity index (χ0v) is 9.29. The standard InChI is InChI=1S/C10H21N3O/c1-7(2)9(11)10(14)12-8-4-5-13(3)6-8/h7-9H,4-6,11H2,1-3H3,(H,12,14)/t8?,9-/m1/s1. The fourth-order valence-corrected chi connectivity index (χ4v) is 1.65. The Morgan fingerprint density at radius 2 is 2.21 bits per heavy atom. The van der Waals surface area contributed by atoms with Crippen LogP contribution in [-0.2, 0) is 4.79 Å². The molecule has 1 heterocycles. The van der Waals surface area contributed by atoms with Crippen molar-refractivity contribution in [1.29, 1.82) is 0 Å². The van der Waals surface area contributed by atoms with Gasteiger partial charge in [-0.2, -0.15) is 0 Å². The minimum absolute atomic E-state index is 0.0136. The number of carbonyl (C=O) groups is 1. The van der Waals surface area contributed by atoms with Crippen LogP contribution in [0.5, 0.6) is 0 Å². The maximum atomic E-state index is 11.6. The van der Waals surface area contributed by atoms with E-state index in [1.807, 2.05) is 13.8 Å². The second kappa shape index (κ2) is 4.75. The molecular formula is C10H21N3O. The van der Waals surface area contributed by atoms with E-state index in [1.165, 1.54) is 0 Å². The summed E-state index contributed by atoms with van der Waals surface area (Å²) in [4.78, 5) is 13.8. The molecular weight excluding hydrogens is 178 g/mol. The molecule has 0 saturated carbocycles. The molecule has 0 radical (unpaired) electrons. The Morgan fingerprint density at radius 1 is 1.57 bits per heavy atom. The third-order valence-electron chi connectivity index (χ3n) is 2.76. The number of hydrogen-bond acceptors (Lipinski definition) is 3. The van der Waals surface area contributed by atoms with Crippen LogP contribution < -0.4 is 11.1 Å². The van der Waals surface area contributed by atoms with Crippen LogP contribution >= 0.6 is 0 Å². The first-order valence-electron chi connectivity index (χ1n) is 5.25. The van der Waals surface area contributed by atoms with Crippen molar-refractivity contribution in [1.82, 2.24) is 10.2 Å². The number of carbonyl (C=O) groups excluding carboxylic acids is 1. The number of nitrogens with two attached hydrogens (primary N) is 1.